The molecule has 3 rings (SSSR count). The van der Waals surface area contributed by atoms with Gasteiger partial charge in [-0.05, 0) is 0 Å². The van der Waals surface area contributed by atoms with E-state index in [1.807, 2.05) is 0 Å². The first kappa shape index (κ1) is 14.4. The predicted octanol–water partition coefficient (Wildman–Crippen LogP) is 0.141. The molecule has 0 fully saturated rings. The molecule has 0 aromatic carbocycles. The van der Waals surface area contributed by atoms with Gasteiger partial charge in [-0.1, -0.05) is 0 Å². The Morgan fingerprint density at radius 3 is 2.68 bits per heavy atom. The first-order chi connectivity index (χ1) is 10.4. The zero-order valence-corrected chi connectivity index (χ0v) is 13.0. The van der Waals surface area contributed by atoms with E-state index in [0.717, 1.165) is 4.57 Å². The lowest BCUT2D eigenvalue weighted by atomic mass is 10.4. The summed E-state index contributed by atoms with van der Waals surface area (Å²) in [5.74, 6) is -0.140. The second-order valence-corrected chi connectivity index (χ2v) is 5.82. The summed E-state index contributed by atoms with van der Waals surface area (Å²) in [6, 6.07) is 0. The zero-order chi connectivity index (χ0) is 16.0. The first-order valence-corrected chi connectivity index (χ1v) is 7.34. The van der Waals surface area contributed by atoms with Gasteiger partial charge < -0.3 is 4.57 Å². The van der Waals surface area contributed by atoms with Crippen molar-refractivity contribution in [1.82, 2.24) is 23.7 Å². The number of aromatic nitrogens is 5. The van der Waals surface area contributed by atoms with Crippen molar-refractivity contribution in [3.05, 3.63) is 43.2 Å². The number of hydrogen-bond donors (Lipinski definition) is 0. The fraction of sp³-hybridized carbons (Fsp3) is 0.308. The molecule has 0 amide bonds. The van der Waals surface area contributed by atoms with Crippen LogP contribution in [0.4, 0.5) is 0 Å². The van der Waals surface area contributed by atoms with E-state index in [0.29, 0.717) is 21.9 Å². The van der Waals surface area contributed by atoms with Crippen LogP contribution >= 0.6 is 11.3 Å². The summed E-state index contributed by atoms with van der Waals surface area (Å²) in [6.07, 6.45) is 1.49. The third-order valence-corrected chi connectivity index (χ3v) is 4.37. The van der Waals surface area contributed by atoms with Crippen molar-refractivity contribution in [2.45, 2.75) is 13.5 Å². The molecule has 3 heterocycles. The van der Waals surface area contributed by atoms with Crippen molar-refractivity contribution < 1.29 is 4.79 Å². The van der Waals surface area contributed by atoms with Gasteiger partial charge in [-0.2, -0.15) is 0 Å². The minimum Gasteiger partial charge on any atom is -0.328 e. The van der Waals surface area contributed by atoms with E-state index in [-0.39, 0.29) is 12.3 Å². The van der Waals surface area contributed by atoms with Gasteiger partial charge >= 0.3 is 5.69 Å². The highest BCUT2D eigenvalue weighted by molar-refractivity contribution is 7.11. The van der Waals surface area contributed by atoms with Gasteiger partial charge in [0.1, 0.15) is 0 Å². The molecule has 3 aromatic rings. The van der Waals surface area contributed by atoms with E-state index in [9.17, 15) is 14.4 Å². The molecule has 22 heavy (non-hydrogen) atoms. The van der Waals surface area contributed by atoms with Crippen LogP contribution in [0.3, 0.4) is 0 Å². The van der Waals surface area contributed by atoms with Crippen molar-refractivity contribution in [2.24, 2.45) is 14.1 Å². The number of ketones is 1. The number of rotatable bonds is 3. The fourth-order valence-corrected chi connectivity index (χ4v) is 2.95. The lowest BCUT2D eigenvalue weighted by Gasteiger charge is -2.07. The third kappa shape index (κ3) is 2.10. The van der Waals surface area contributed by atoms with Gasteiger partial charge in [-0.3, -0.25) is 18.7 Å². The van der Waals surface area contributed by atoms with Crippen LogP contribution < -0.4 is 11.2 Å². The van der Waals surface area contributed by atoms with Crippen molar-refractivity contribution in [2.75, 3.05) is 0 Å². The fourth-order valence-electron chi connectivity index (χ4n) is 2.24. The van der Waals surface area contributed by atoms with Crippen molar-refractivity contribution in [3.8, 4) is 0 Å². The highest BCUT2D eigenvalue weighted by Crippen LogP contribution is 2.11. The summed E-state index contributed by atoms with van der Waals surface area (Å²) in [5.41, 5.74) is 0.320. The SMILES string of the molecule is CC(=O)c1nc(Cn2c(=O)c3c(ncn3C)n(C)c2=O)cs1. The maximum atomic E-state index is 12.5. The quantitative estimate of drug-likeness (QED) is 0.640. The lowest BCUT2D eigenvalue weighted by molar-refractivity contribution is 0.101. The van der Waals surface area contributed by atoms with Crippen LogP contribution in [0.25, 0.3) is 11.2 Å². The number of aryl methyl sites for hydroxylation is 2. The number of carbonyl (C=O) groups excluding carboxylic acids is 1. The maximum Gasteiger partial charge on any atom is 0.332 e. The number of hydrogen-bond acceptors (Lipinski definition) is 6. The lowest BCUT2D eigenvalue weighted by Crippen LogP contribution is -2.39. The minimum absolute atomic E-state index is 0.0242. The normalized spacial score (nSPS) is 11.2. The summed E-state index contributed by atoms with van der Waals surface area (Å²) in [4.78, 5) is 44.4. The van der Waals surface area contributed by atoms with Gasteiger partial charge in [0.2, 0.25) is 0 Å². The molecule has 0 aliphatic rings. The van der Waals surface area contributed by atoms with E-state index in [2.05, 4.69) is 9.97 Å². The largest absolute Gasteiger partial charge is 0.332 e. The second-order valence-electron chi connectivity index (χ2n) is 4.96. The Hall–Kier alpha value is -2.55. The van der Waals surface area contributed by atoms with Crippen LogP contribution in [0.1, 0.15) is 22.4 Å². The van der Waals surface area contributed by atoms with Gasteiger partial charge in [-0.25, -0.2) is 14.8 Å². The third-order valence-electron chi connectivity index (χ3n) is 3.37. The van der Waals surface area contributed by atoms with Crippen LogP contribution in [-0.4, -0.2) is 29.5 Å². The van der Waals surface area contributed by atoms with Gasteiger partial charge in [0.15, 0.2) is 22.0 Å². The van der Waals surface area contributed by atoms with Crippen LogP contribution in [0.15, 0.2) is 21.3 Å². The van der Waals surface area contributed by atoms with E-state index < -0.39 is 11.2 Å². The average molecular weight is 319 g/mol. The molecule has 0 atom stereocenters. The average Bonchev–Trinajstić information content (AvgIpc) is 3.08. The molecule has 3 aromatic heterocycles. The molecule has 0 bridgehead atoms. The molecule has 8 nitrogen and oxygen atoms in total. The van der Waals surface area contributed by atoms with Crippen LogP contribution in [0.2, 0.25) is 0 Å². The molecule has 0 unspecified atom stereocenters. The molecule has 0 radical (unpaired) electrons. The Labute approximate surface area is 128 Å². The number of carbonyl (C=O) groups is 1. The zero-order valence-electron chi connectivity index (χ0n) is 12.2. The van der Waals surface area contributed by atoms with Crippen LogP contribution in [0, 0.1) is 0 Å². The smallest absolute Gasteiger partial charge is 0.328 e. The molecule has 0 aliphatic heterocycles. The van der Waals surface area contributed by atoms with Crippen molar-refractivity contribution in [3.63, 3.8) is 0 Å². The minimum atomic E-state index is -0.464. The summed E-state index contributed by atoms with van der Waals surface area (Å²) in [7, 11) is 3.26. The maximum absolute atomic E-state index is 12.5. The van der Waals surface area contributed by atoms with Crippen LogP contribution in [0.5, 0.6) is 0 Å². The van der Waals surface area contributed by atoms with E-state index in [4.69, 9.17) is 0 Å². The first-order valence-electron chi connectivity index (χ1n) is 6.46. The summed E-state index contributed by atoms with van der Waals surface area (Å²) >= 11 is 1.20. The molecule has 114 valence electrons. The molecule has 0 saturated carbocycles. The topological polar surface area (TPSA) is 91.8 Å². The standard InChI is InChI=1S/C13H13N5O3S/c1-7(19)11-15-8(5-22-11)4-18-12(20)9-10(14-6-16(9)2)17(3)13(18)21/h5-6H,4H2,1-3H3. The number of Topliss-reactive ketones (excluding diaryl/α,β-unsaturated/α-hetero) is 1. The molecule has 0 spiro atoms. The molecular weight excluding hydrogens is 306 g/mol. The Kier molecular flexibility index (Phi) is 3.28. The monoisotopic (exact) mass is 319 g/mol. The Bertz CT molecular complexity index is 1010. The molecular formula is C13H13N5O3S. The van der Waals surface area contributed by atoms with E-state index in [1.165, 1.54) is 29.2 Å². The van der Waals surface area contributed by atoms with Gasteiger partial charge in [0, 0.05) is 26.4 Å². The predicted molar refractivity (Wildman–Crippen MR) is 81.4 cm³/mol. The van der Waals surface area contributed by atoms with E-state index in [1.54, 1.807) is 24.0 Å². The Morgan fingerprint density at radius 1 is 1.32 bits per heavy atom. The Balaban J connectivity index is 2.18. The summed E-state index contributed by atoms with van der Waals surface area (Å²) < 4.78 is 4.01. The number of imidazole rings is 1. The van der Waals surface area contributed by atoms with Gasteiger partial charge in [-0.15, -0.1) is 11.3 Å². The number of nitrogens with zero attached hydrogens (tertiary/aromatic N) is 5. The molecule has 9 heteroatoms. The molecule has 0 aliphatic carbocycles. The van der Waals surface area contributed by atoms with Crippen molar-refractivity contribution >= 4 is 28.3 Å². The highest BCUT2D eigenvalue weighted by Gasteiger charge is 2.16. The Morgan fingerprint density at radius 2 is 2.05 bits per heavy atom. The number of fused-ring (bicyclic) bond motifs is 1. The van der Waals surface area contributed by atoms with Gasteiger partial charge in [0.05, 0.1) is 18.6 Å². The second kappa shape index (κ2) is 5.02. The summed E-state index contributed by atoms with van der Waals surface area (Å²) in [5, 5.41) is 2.04. The van der Waals surface area contributed by atoms with Crippen molar-refractivity contribution in [1.29, 1.82) is 0 Å². The number of thiazole rings is 1. The highest BCUT2D eigenvalue weighted by atomic mass is 32.1. The molecule has 0 saturated heterocycles. The van der Waals surface area contributed by atoms with Gasteiger partial charge in [0.25, 0.3) is 5.56 Å². The van der Waals surface area contributed by atoms with E-state index >= 15 is 0 Å². The van der Waals surface area contributed by atoms with Crippen LogP contribution in [-0.2, 0) is 20.6 Å². The molecule has 0 N–H and O–H groups in total. The summed E-state index contributed by atoms with van der Waals surface area (Å²) in [6.45, 7) is 1.45.